The van der Waals surface area contributed by atoms with Gasteiger partial charge in [-0.15, -0.1) is 0 Å². The van der Waals surface area contributed by atoms with Crippen molar-refractivity contribution in [3.05, 3.63) is 24.5 Å². The Hall–Kier alpha value is -1.62. The largest absolute Gasteiger partial charge is 0.472 e. The Morgan fingerprint density at radius 3 is 2.94 bits per heavy atom. The van der Waals surface area contributed by atoms with E-state index >= 15 is 0 Å². The lowest BCUT2D eigenvalue weighted by atomic mass is 9.97. The van der Waals surface area contributed by atoms with Gasteiger partial charge in [0.1, 0.15) is 6.26 Å². The van der Waals surface area contributed by atoms with Crippen molar-refractivity contribution in [2.24, 2.45) is 11.7 Å². The molecule has 0 aromatic carbocycles. The van der Waals surface area contributed by atoms with Gasteiger partial charge in [0.25, 0.3) is 0 Å². The Kier molecular flexibility index (Phi) is 4.52. The standard InChI is InChI=1S/C13H19N3O2/c1-2-10(5-7-14)3-4-12-15-13(16-18-12)11-6-8-17-9-11/h6,8-10H,2-5,7,14H2,1H3. The summed E-state index contributed by atoms with van der Waals surface area (Å²) in [4.78, 5) is 4.35. The zero-order valence-corrected chi connectivity index (χ0v) is 10.6. The first-order valence-electron chi connectivity index (χ1n) is 6.38. The van der Waals surface area contributed by atoms with E-state index in [-0.39, 0.29) is 0 Å². The fourth-order valence-electron chi connectivity index (χ4n) is 1.98. The highest BCUT2D eigenvalue weighted by molar-refractivity contribution is 5.51. The molecule has 0 saturated heterocycles. The second-order valence-electron chi connectivity index (χ2n) is 4.41. The lowest BCUT2D eigenvalue weighted by molar-refractivity contribution is 0.354. The summed E-state index contributed by atoms with van der Waals surface area (Å²) in [6.45, 7) is 2.92. The van der Waals surface area contributed by atoms with Crippen LogP contribution in [0.4, 0.5) is 0 Å². The highest BCUT2D eigenvalue weighted by Crippen LogP contribution is 2.19. The molecule has 0 radical (unpaired) electrons. The highest BCUT2D eigenvalue weighted by Gasteiger charge is 2.12. The van der Waals surface area contributed by atoms with E-state index < -0.39 is 0 Å². The third-order valence-corrected chi connectivity index (χ3v) is 3.17. The molecule has 1 unspecified atom stereocenters. The number of nitrogens with zero attached hydrogens (tertiary/aromatic N) is 2. The number of aryl methyl sites for hydroxylation is 1. The summed E-state index contributed by atoms with van der Waals surface area (Å²) >= 11 is 0. The van der Waals surface area contributed by atoms with Gasteiger partial charge in [-0.3, -0.25) is 0 Å². The summed E-state index contributed by atoms with van der Waals surface area (Å²) in [5.74, 6) is 1.91. The van der Waals surface area contributed by atoms with E-state index in [4.69, 9.17) is 14.7 Å². The van der Waals surface area contributed by atoms with E-state index in [0.29, 0.717) is 17.6 Å². The molecule has 98 valence electrons. The van der Waals surface area contributed by atoms with Gasteiger partial charge in [0.05, 0.1) is 11.8 Å². The van der Waals surface area contributed by atoms with Crippen LogP contribution >= 0.6 is 0 Å². The zero-order valence-electron chi connectivity index (χ0n) is 10.6. The molecule has 0 aliphatic carbocycles. The lowest BCUT2D eigenvalue weighted by Gasteiger charge is -2.11. The van der Waals surface area contributed by atoms with Crippen LogP contribution in [0.5, 0.6) is 0 Å². The van der Waals surface area contributed by atoms with Gasteiger partial charge in [-0.25, -0.2) is 0 Å². The van der Waals surface area contributed by atoms with Crippen LogP contribution in [0.2, 0.25) is 0 Å². The van der Waals surface area contributed by atoms with Crippen LogP contribution in [0.15, 0.2) is 27.5 Å². The molecule has 2 N–H and O–H groups in total. The lowest BCUT2D eigenvalue weighted by Crippen LogP contribution is -2.09. The third-order valence-electron chi connectivity index (χ3n) is 3.17. The van der Waals surface area contributed by atoms with E-state index in [1.165, 1.54) is 0 Å². The van der Waals surface area contributed by atoms with Crippen LogP contribution in [0.3, 0.4) is 0 Å². The first kappa shape index (κ1) is 12.8. The molecule has 0 amide bonds. The van der Waals surface area contributed by atoms with Gasteiger partial charge in [-0.2, -0.15) is 4.98 Å². The number of rotatable bonds is 7. The molecule has 2 aromatic heterocycles. The number of hydrogen-bond donors (Lipinski definition) is 1. The smallest absolute Gasteiger partial charge is 0.226 e. The van der Waals surface area contributed by atoms with Crippen molar-refractivity contribution in [1.29, 1.82) is 0 Å². The third kappa shape index (κ3) is 3.20. The van der Waals surface area contributed by atoms with Gasteiger partial charge in [0, 0.05) is 6.42 Å². The molecule has 0 aliphatic heterocycles. The SMILES string of the molecule is CCC(CCN)CCc1nc(-c2ccoc2)no1. The molecule has 1 atom stereocenters. The summed E-state index contributed by atoms with van der Waals surface area (Å²) in [5.41, 5.74) is 6.43. The Balaban J connectivity index is 1.91. The van der Waals surface area contributed by atoms with Gasteiger partial charge >= 0.3 is 0 Å². The van der Waals surface area contributed by atoms with Crippen LogP contribution in [-0.4, -0.2) is 16.7 Å². The molecule has 2 aromatic rings. The van der Waals surface area contributed by atoms with Crippen molar-refractivity contribution < 1.29 is 8.94 Å². The van der Waals surface area contributed by atoms with Crippen LogP contribution in [0.25, 0.3) is 11.4 Å². The molecular formula is C13H19N3O2. The van der Waals surface area contributed by atoms with Crippen LogP contribution in [0, 0.1) is 5.92 Å². The Morgan fingerprint density at radius 1 is 1.39 bits per heavy atom. The molecular weight excluding hydrogens is 230 g/mol. The van der Waals surface area contributed by atoms with Gasteiger partial charge in [0.15, 0.2) is 0 Å². The molecule has 0 saturated carbocycles. The fourth-order valence-corrected chi connectivity index (χ4v) is 1.98. The van der Waals surface area contributed by atoms with Crippen LogP contribution in [0.1, 0.15) is 32.1 Å². The summed E-state index contributed by atoms with van der Waals surface area (Å²) in [7, 11) is 0. The molecule has 18 heavy (non-hydrogen) atoms. The van der Waals surface area contributed by atoms with Crippen molar-refractivity contribution in [1.82, 2.24) is 10.1 Å². The number of aromatic nitrogens is 2. The van der Waals surface area contributed by atoms with Crippen molar-refractivity contribution in [2.45, 2.75) is 32.6 Å². The minimum Gasteiger partial charge on any atom is -0.472 e. The van der Waals surface area contributed by atoms with E-state index in [9.17, 15) is 0 Å². The topological polar surface area (TPSA) is 78.1 Å². The average Bonchev–Trinajstić information content (AvgIpc) is 3.04. The Bertz CT molecular complexity index is 451. The fraction of sp³-hybridized carbons (Fsp3) is 0.538. The van der Waals surface area contributed by atoms with Crippen molar-refractivity contribution in [2.75, 3.05) is 6.54 Å². The normalized spacial score (nSPS) is 12.8. The molecule has 0 aliphatic rings. The predicted molar refractivity (Wildman–Crippen MR) is 67.8 cm³/mol. The number of nitrogens with two attached hydrogens (primary N) is 1. The maximum absolute atomic E-state index is 5.58. The van der Waals surface area contributed by atoms with Crippen molar-refractivity contribution in [3.8, 4) is 11.4 Å². The van der Waals surface area contributed by atoms with Crippen LogP contribution in [-0.2, 0) is 6.42 Å². The van der Waals surface area contributed by atoms with Gasteiger partial charge in [0.2, 0.25) is 11.7 Å². The van der Waals surface area contributed by atoms with Crippen molar-refractivity contribution in [3.63, 3.8) is 0 Å². The maximum Gasteiger partial charge on any atom is 0.226 e. The first-order valence-corrected chi connectivity index (χ1v) is 6.38. The first-order chi connectivity index (χ1) is 8.83. The van der Waals surface area contributed by atoms with Gasteiger partial charge in [-0.1, -0.05) is 18.5 Å². The quantitative estimate of drug-likeness (QED) is 0.816. The summed E-state index contributed by atoms with van der Waals surface area (Å²) < 4.78 is 10.2. The van der Waals surface area contributed by atoms with Gasteiger partial charge in [-0.05, 0) is 31.4 Å². The number of hydrogen-bond acceptors (Lipinski definition) is 5. The molecule has 5 nitrogen and oxygen atoms in total. The Morgan fingerprint density at radius 2 is 2.28 bits per heavy atom. The van der Waals surface area contributed by atoms with E-state index in [0.717, 1.165) is 37.8 Å². The van der Waals surface area contributed by atoms with Gasteiger partial charge < -0.3 is 14.7 Å². The zero-order chi connectivity index (χ0) is 12.8. The molecule has 2 heterocycles. The number of furan rings is 1. The highest BCUT2D eigenvalue weighted by atomic mass is 16.5. The Labute approximate surface area is 106 Å². The van der Waals surface area contributed by atoms with E-state index in [1.807, 2.05) is 6.07 Å². The molecule has 0 spiro atoms. The maximum atomic E-state index is 5.58. The molecule has 0 fully saturated rings. The minimum absolute atomic E-state index is 0.589. The summed E-state index contributed by atoms with van der Waals surface area (Å²) in [6, 6.07) is 1.82. The summed E-state index contributed by atoms with van der Waals surface area (Å²) in [6.07, 6.45) is 7.25. The van der Waals surface area contributed by atoms with Crippen LogP contribution < -0.4 is 5.73 Å². The molecule has 0 bridgehead atoms. The average molecular weight is 249 g/mol. The van der Waals surface area contributed by atoms with E-state index in [2.05, 4.69) is 17.1 Å². The second-order valence-corrected chi connectivity index (χ2v) is 4.41. The predicted octanol–water partition coefficient (Wildman–Crippen LogP) is 2.64. The molecule has 2 rings (SSSR count). The van der Waals surface area contributed by atoms with E-state index in [1.54, 1.807) is 12.5 Å². The monoisotopic (exact) mass is 249 g/mol. The summed E-state index contributed by atoms with van der Waals surface area (Å²) in [5, 5.41) is 3.94. The van der Waals surface area contributed by atoms with Crippen molar-refractivity contribution >= 4 is 0 Å². The minimum atomic E-state index is 0.589. The molecule has 5 heteroatoms. The second kappa shape index (κ2) is 6.35.